The van der Waals surface area contributed by atoms with Crippen LogP contribution in [-0.4, -0.2) is 32.6 Å². The van der Waals surface area contributed by atoms with E-state index in [1.807, 2.05) is 13.8 Å². The number of ketones is 1. The number of benzene rings is 1. The number of hydrogen-bond acceptors (Lipinski definition) is 5. The van der Waals surface area contributed by atoms with Crippen molar-refractivity contribution in [2.45, 2.75) is 20.3 Å². The van der Waals surface area contributed by atoms with Crippen LogP contribution in [0, 0.1) is 5.92 Å². The van der Waals surface area contributed by atoms with Gasteiger partial charge in [0, 0.05) is 6.42 Å². The zero-order chi connectivity index (χ0) is 15.1. The summed E-state index contributed by atoms with van der Waals surface area (Å²) < 4.78 is 15.2. The second kappa shape index (κ2) is 7.53. The fourth-order valence-electron chi connectivity index (χ4n) is 1.57. The van der Waals surface area contributed by atoms with E-state index in [9.17, 15) is 9.59 Å². The van der Waals surface area contributed by atoms with Crippen molar-refractivity contribution in [1.82, 2.24) is 0 Å². The molecule has 1 rings (SSSR count). The Bertz CT molecular complexity index is 479. The van der Waals surface area contributed by atoms with Gasteiger partial charge in [0.2, 0.25) is 5.78 Å². The standard InChI is InChI=1S/C15H20O5/c1-10(2)9-20-14-8-11(5-6-13(14)18-3)7-12(16)15(17)19-4/h5-6,8,10H,7,9H2,1-4H3. The van der Waals surface area contributed by atoms with Crippen molar-refractivity contribution >= 4 is 11.8 Å². The highest BCUT2D eigenvalue weighted by Gasteiger charge is 2.16. The van der Waals surface area contributed by atoms with Crippen LogP contribution in [0.15, 0.2) is 18.2 Å². The Morgan fingerprint density at radius 1 is 1.15 bits per heavy atom. The predicted octanol–water partition coefficient (Wildman–Crippen LogP) is 2.01. The molecule has 0 unspecified atom stereocenters. The number of esters is 1. The summed E-state index contributed by atoms with van der Waals surface area (Å²) in [5.74, 6) is 0.106. The number of hydrogen-bond donors (Lipinski definition) is 0. The number of methoxy groups -OCH3 is 2. The van der Waals surface area contributed by atoms with Gasteiger partial charge in [-0.3, -0.25) is 4.79 Å². The average molecular weight is 280 g/mol. The molecule has 0 radical (unpaired) electrons. The fourth-order valence-corrected chi connectivity index (χ4v) is 1.57. The van der Waals surface area contributed by atoms with Crippen molar-refractivity contribution in [3.63, 3.8) is 0 Å². The summed E-state index contributed by atoms with van der Waals surface area (Å²) in [6.45, 7) is 4.62. The van der Waals surface area contributed by atoms with Crippen LogP contribution in [-0.2, 0) is 20.7 Å². The normalized spacial score (nSPS) is 10.2. The Kier molecular flexibility index (Phi) is 6.03. The SMILES string of the molecule is COC(=O)C(=O)Cc1ccc(OC)c(OCC(C)C)c1. The summed E-state index contributed by atoms with van der Waals surface area (Å²) in [4.78, 5) is 22.6. The Labute approximate surface area is 118 Å². The van der Waals surface area contributed by atoms with Crippen molar-refractivity contribution in [2.75, 3.05) is 20.8 Å². The van der Waals surface area contributed by atoms with E-state index in [0.717, 1.165) is 0 Å². The summed E-state index contributed by atoms with van der Waals surface area (Å²) >= 11 is 0. The maximum atomic E-state index is 11.5. The van der Waals surface area contributed by atoms with E-state index in [1.165, 1.54) is 7.11 Å². The molecule has 0 heterocycles. The molecule has 0 bridgehead atoms. The van der Waals surface area contributed by atoms with Crippen LogP contribution < -0.4 is 9.47 Å². The molecular weight excluding hydrogens is 260 g/mol. The third-order valence-corrected chi connectivity index (χ3v) is 2.58. The van der Waals surface area contributed by atoms with Crippen LogP contribution in [0.3, 0.4) is 0 Å². The van der Waals surface area contributed by atoms with E-state index in [-0.39, 0.29) is 6.42 Å². The molecule has 110 valence electrons. The number of carbonyl (C=O) groups is 2. The topological polar surface area (TPSA) is 61.8 Å². The first-order chi connectivity index (χ1) is 9.47. The summed E-state index contributed by atoms with van der Waals surface area (Å²) in [5.41, 5.74) is 0.681. The van der Waals surface area contributed by atoms with Crippen LogP contribution in [0.2, 0.25) is 0 Å². The molecule has 0 amide bonds. The van der Waals surface area contributed by atoms with Gasteiger partial charge in [-0.15, -0.1) is 0 Å². The average Bonchev–Trinajstić information content (AvgIpc) is 2.44. The predicted molar refractivity (Wildman–Crippen MR) is 74.1 cm³/mol. The van der Waals surface area contributed by atoms with Gasteiger partial charge in [-0.2, -0.15) is 0 Å². The molecule has 1 aromatic rings. The van der Waals surface area contributed by atoms with E-state index in [0.29, 0.717) is 29.6 Å². The van der Waals surface area contributed by atoms with Crippen LogP contribution in [0.1, 0.15) is 19.4 Å². The lowest BCUT2D eigenvalue weighted by molar-refractivity contribution is -0.151. The van der Waals surface area contributed by atoms with Crippen molar-refractivity contribution in [3.05, 3.63) is 23.8 Å². The maximum absolute atomic E-state index is 11.5. The molecule has 0 saturated heterocycles. The second-order valence-corrected chi connectivity index (χ2v) is 4.78. The monoisotopic (exact) mass is 280 g/mol. The molecule has 0 spiro atoms. The van der Waals surface area contributed by atoms with Gasteiger partial charge in [-0.25, -0.2) is 4.79 Å². The summed E-state index contributed by atoms with van der Waals surface area (Å²) in [5, 5.41) is 0. The number of Topliss-reactive ketones (excluding diaryl/α,β-unsaturated/α-hetero) is 1. The number of ether oxygens (including phenoxy) is 3. The minimum atomic E-state index is -0.842. The summed E-state index contributed by atoms with van der Waals surface area (Å²) in [7, 11) is 2.74. The smallest absolute Gasteiger partial charge is 0.374 e. The largest absolute Gasteiger partial charge is 0.493 e. The van der Waals surface area contributed by atoms with Gasteiger partial charge in [-0.1, -0.05) is 19.9 Å². The highest BCUT2D eigenvalue weighted by Crippen LogP contribution is 2.28. The number of carbonyl (C=O) groups excluding carboxylic acids is 2. The molecular formula is C15H20O5. The highest BCUT2D eigenvalue weighted by molar-refractivity contribution is 6.34. The van der Waals surface area contributed by atoms with Crippen LogP contribution in [0.4, 0.5) is 0 Å². The third-order valence-electron chi connectivity index (χ3n) is 2.58. The first-order valence-corrected chi connectivity index (χ1v) is 6.38. The molecule has 1 aromatic carbocycles. The molecule has 0 aliphatic rings. The molecule has 0 atom stereocenters. The van der Waals surface area contributed by atoms with Gasteiger partial charge in [0.15, 0.2) is 11.5 Å². The molecule has 0 aliphatic heterocycles. The quantitative estimate of drug-likeness (QED) is 0.565. The Morgan fingerprint density at radius 3 is 2.40 bits per heavy atom. The molecule has 5 nitrogen and oxygen atoms in total. The van der Waals surface area contributed by atoms with E-state index in [2.05, 4.69) is 4.74 Å². The van der Waals surface area contributed by atoms with Crippen molar-refractivity contribution in [2.24, 2.45) is 5.92 Å². The van der Waals surface area contributed by atoms with Crippen molar-refractivity contribution in [3.8, 4) is 11.5 Å². The molecule has 20 heavy (non-hydrogen) atoms. The lowest BCUT2D eigenvalue weighted by Gasteiger charge is -2.13. The van der Waals surface area contributed by atoms with Gasteiger partial charge in [0.25, 0.3) is 0 Å². The molecule has 0 N–H and O–H groups in total. The van der Waals surface area contributed by atoms with Gasteiger partial charge < -0.3 is 14.2 Å². The zero-order valence-electron chi connectivity index (χ0n) is 12.3. The van der Waals surface area contributed by atoms with E-state index in [4.69, 9.17) is 9.47 Å². The lowest BCUT2D eigenvalue weighted by Crippen LogP contribution is -2.17. The maximum Gasteiger partial charge on any atom is 0.374 e. The van der Waals surface area contributed by atoms with Gasteiger partial charge in [0.1, 0.15) is 0 Å². The Balaban J connectivity index is 2.86. The Hall–Kier alpha value is -2.04. The second-order valence-electron chi connectivity index (χ2n) is 4.78. The molecule has 0 aliphatic carbocycles. The Morgan fingerprint density at radius 2 is 1.85 bits per heavy atom. The van der Waals surface area contributed by atoms with Crippen LogP contribution in [0.25, 0.3) is 0 Å². The van der Waals surface area contributed by atoms with E-state index < -0.39 is 11.8 Å². The van der Waals surface area contributed by atoms with Crippen LogP contribution in [0.5, 0.6) is 11.5 Å². The lowest BCUT2D eigenvalue weighted by atomic mass is 10.1. The minimum Gasteiger partial charge on any atom is -0.493 e. The van der Waals surface area contributed by atoms with Crippen LogP contribution >= 0.6 is 0 Å². The van der Waals surface area contributed by atoms with Crippen molar-refractivity contribution in [1.29, 1.82) is 0 Å². The highest BCUT2D eigenvalue weighted by atomic mass is 16.5. The zero-order valence-corrected chi connectivity index (χ0v) is 12.3. The molecule has 0 aromatic heterocycles. The molecule has 0 saturated carbocycles. The van der Waals surface area contributed by atoms with Crippen molar-refractivity contribution < 1.29 is 23.8 Å². The molecule has 0 fully saturated rings. The van der Waals surface area contributed by atoms with Gasteiger partial charge in [0.05, 0.1) is 20.8 Å². The minimum absolute atomic E-state index is 0.0191. The fraction of sp³-hybridized carbons (Fsp3) is 0.467. The van der Waals surface area contributed by atoms with E-state index in [1.54, 1.807) is 25.3 Å². The first kappa shape index (κ1) is 16.0. The van der Waals surface area contributed by atoms with Gasteiger partial charge in [-0.05, 0) is 23.6 Å². The summed E-state index contributed by atoms with van der Waals surface area (Å²) in [6, 6.07) is 5.15. The number of rotatable bonds is 7. The van der Waals surface area contributed by atoms with E-state index >= 15 is 0 Å². The third kappa shape index (κ3) is 4.57. The van der Waals surface area contributed by atoms with Gasteiger partial charge >= 0.3 is 5.97 Å². The first-order valence-electron chi connectivity index (χ1n) is 6.38. The summed E-state index contributed by atoms with van der Waals surface area (Å²) in [6.07, 6.45) is -0.0191. The molecule has 5 heteroatoms.